The summed E-state index contributed by atoms with van der Waals surface area (Å²) in [6, 6.07) is 10.2. The molecule has 0 N–H and O–H groups in total. The second kappa shape index (κ2) is 5.41. The second-order valence-electron chi connectivity index (χ2n) is 6.02. The lowest BCUT2D eigenvalue weighted by molar-refractivity contribution is -0.384. The zero-order chi connectivity index (χ0) is 17.7. The molecular formula is C18H12N4O4. The number of hydrogen-bond acceptors (Lipinski definition) is 6. The Hall–Kier alpha value is -3.68. The molecule has 1 aromatic heterocycles. The number of benzene rings is 2. The molecule has 0 unspecified atom stereocenters. The van der Waals surface area contributed by atoms with Crippen molar-refractivity contribution in [3.8, 4) is 11.5 Å². The zero-order valence-corrected chi connectivity index (χ0v) is 13.5. The average Bonchev–Trinajstić information content (AvgIpc) is 3.25. The summed E-state index contributed by atoms with van der Waals surface area (Å²) in [6.07, 6.45) is 4.07. The van der Waals surface area contributed by atoms with Crippen LogP contribution in [0.25, 0.3) is 0 Å². The number of ether oxygens (including phenoxy) is 2. The lowest BCUT2D eigenvalue weighted by Gasteiger charge is -2.10. The van der Waals surface area contributed by atoms with E-state index in [0.717, 1.165) is 22.4 Å². The van der Waals surface area contributed by atoms with Crippen LogP contribution in [-0.4, -0.2) is 27.1 Å². The molecule has 0 fully saturated rings. The van der Waals surface area contributed by atoms with E-state index in [1.807, 2.05) is 12.1 Å². The Bertz CT molecular complexity index is 1070. The Morgan fingerprint density at radius 1 is 1.12 bits per heavy atom. The first-order valence-corrected chi connectivity index (χ1v) is 7.97. The number of rotatable bonds is 2. The van der Waals surface area contributed by atoms with Gasteiger partial charge >= 0.3 is 0 Å². The van der Waals surface area contributed by atoms with Gasteiger partial charge in [0, 0.05) is 29.7 Å². The van der Waals surface area contributed by atoms with E-state index < -0.39 is 4.92 Å². The molecular weight excluding hydrogens is 336 g/mol. The molecule has 0 saturated carbocycles. The van der Waals surface area contributed by atoms with Gasteiger partial charge in [-0.15, -0.1) is 0 Å². The third-order valence-electron chi connectivity index (χ3n) is 4.48. The summed E-state index contributed by atoms with van der Waals surface area (Å²) in [5, 5.41) is 15.6. The first-order chi connectivity index (χ1) is 12.7. The first-order valence-electron chi connectivity index (χ1n) is 7.97. The minimum Gasteiger partial charge on any atom is -0.454 e. The molecule has 2 aliphatic rings. The fourth-order valence-corrected chi connectivity index (χ4v) is 3.19. The molecule has 0 bridgehead atoms. The number of nitrogens with zero attached hydrogens (tertiary/aromatic N) is 4. The normalized spacial score (nSPS) is 14.2. The van der Waals surface area contributed by atoms with Crippen LogP contribution in [0.3, 0.4) is 0 Å². The van der Waals surface area contributed by atoms with Crippen molar-refractivity contribution in [2.24, 2.45) is 5.10 Å². The van der Waals surface area contributed by atoms with Crippen LogP contribution in [0.1, 0.15) is 22.4 Å². The maximum Gasteiger partial charge on any atom is 0.269 e. The Morgan fingerprint density at radius 2 is 1.88 bits per heavy atom. The maximum atomic E-state index is 10.9. The van der Waals surface area contributed by atoms with Gasteiger partial charge in [-0.1, -0.05) is 0 Å². The first kappa shape index (κ1) is 14.6. The van der Waals surface area contributed by atoms with Crippen LogP contribution in [0.5, 0.6) is 11.5 Å². The lowest BCUT2D eigenvalue weighted by atomic mass is 9.94. The highest BCUT2D eigenvalue weighted by Gasteiger charge is 2.24. The summed E-state index contributed by atoms with van der Waals surface area (Å²) < 4.78 is 12.7. The number of hydrogen-bond donors (Lipinski definition) is 0. The SMILES string of the molecule is O=[N+]([O-])c1ccc(C2=Nn3cncc3Cc3cc4c(cc32)OCO4)cc1. The highest BCUT2D eigenvalue weighted by molar-refractivity contribution is 6.14. The molecule has 8 nitrogen and oxygen atoms in total. The molecule has 2 aromatic carbocycles. The van der Waals surface area contributed by atoms with Gasteiger partial charge in [-0.25, -0.2) is 9.66 Å². The predicted octanol–water partition coefficient (Wildman–Crippen LogP) is 2.72. The van der Waals surface area contributed by atoms with Crippen LogP contribution in [0.2, 0.25) is 0 Å². The van der Waals surface area contributed by atoms with Crippen LogP contribution in [0.15, 0.2) is 54.0 Å². The summed E-state index contributed by atoms with van der Waals surface area (Å²) in [7, 11) is 0. The van der Waals surface area contributed by atoms with Gasteiger partial charge in [-0.3, -0.25) is 10.1 Å². The van der Waals surface area contributed by atoms with Crippen LogP contribution < -0.4 is 9.47 Å². The van der Waals surface area contributed by atoms with Crippen molar-refractivity contribution in [3.05, 3.63) is 81.4 Å². The minimum absolute atomic E-state index is 0.0391. The Kier molecular flexibility index (Phi) is 3.05. The highest BCUT2D eigenvalue weighted by atomic mass is 16.7. The number of non-ortho nitro benzene ring substituents is 1. The van der Waals surface area contributed by atoms with Crippen LogP contribution in [0, 0.1) is 10.1 Å². The smallest absolute Gasteiger partial charge is 0.269 e. The monoisotopic (exact) mass is 348 g/mol. The summed E-state index contributed by atoms with van der Waals surface area (Å²) in [5.41, 5.74) is 4.40. The number of aromatic nitrogens is 2. The van der Waals surface area contributed by atoms with Crippen molar-refractivity contribution < 1.29 is 14.4 Å². The van der Waals surface area contributed by atoms with Gasteiger partial charge in [-0.2, -0.15) is 5.10 Å². The van der Waals surface area contributed by atoms with Crippen molar-refractivity contribution in [1.82, 2.24) is 9.66 Å². The fraction of sp³-hybridized carbons (Fsp3) is 0.111. The molecule has 0 aliphatic carbocycles. The average molecular weight is 348 g/mol. The summed E-state index contributed by atoms with van der Waals surface area (Å²) in [4.78, 5) is 14.7. The van der Waals surface area contributed by atoms with E-state index in [9.17, 15) is 10.1 Å². The third-order valence-corrected chi connectivity index (χ3v) is 4.48. The lowest BCUT2D eigenvalue weighted by Crippen LogP contribution is -2.07. The summed E-state index contributed by atoms with van der Waals surface area (Å²) in [5.74, 6) is 1.38. The van der Waals surface area contributed by atoms with Crippen molar-refractivity contribution >= 4 is 11.4 Å². The van der Waals surface area contributed by atoms with Crippen molar-refractivity contribution in [2.45, 2.75) is 6.42 Å². The molecule has 128 valence electrons. The van der Waals surface area contributed by atoms with E-state index in [4.69, 9.17) is 14.6 Å². The highest BCUT2D eigenvalue weighted by Crippen LogP contribution is 2.37. The molecule has 3 heterocycles. The fourth-order valence-electron chi connectivity index (χ4n) is 3.19. The molecule has 0 atom stereocenters. The standard InChI is InChI=1S/C18H12N4O4/c23-22(24)13-3-1-11(2-4-13)18-15-7-17-16(25-10-26-17)6-12(15)5-14-8-19-9-21(14)20-18/h1-4,6-9H,5,10H2. The Morgan fingerprint density at radius 3 is 2.65 bits per heavy atom. The molecule has 0 saturated heterocycles. The van der Waals surface area contributed by atoms with Gasteiger partial charge in [0.05, 0.1) is 22.5 Å². The van der Waals surface area contributed by atoms with Crippen LogP contribution in [0.4, 0.5) is 5.69 Å². The maximum absolute atomic E-state index is 10.9. The second-order valence-corrected chi connectivity index (χ2v) is 6.02. The van der Waals surface area contributed by atoms with E-state index in [0.29, 0.717) is 23.6 Å². The van der Waals surface area contributed by atoms with Gasteiger partial charge in [0.1, 0.15) is 6.33 Å². The summed E-state index contributed by atoms with van der Waals surface area (Å²) in [6.45, 7) is 0.195. The van der Waals surface area contributed by atoms with E-state index in [2.05, 4.69) is 4.98 Å². The van der Waals surface area contributed by atoms with Crippen molar-refractivity contribution in [2.75, 3.05) is 6.79 Å². The Balaban J connectivity index is 1.71. The zero-order valence-electron chi connectivity index (χ0n) is 13.5. The van der Waals surface area contributed by atoms with Gasteiger partial charge in [0.2, 0.25) is 6.79 Å². The van der Waals surface area contributed by atoms with Crippen molar-refractivity contribution in [3.63, 3.8) is 0 Å². The molecule has 2 aliphatic heterocycles. The molecule has 0 radical (unpaired) electrons. The van der Waals surface area contributed by atoms with Crippen LogP contribution >= 0.6 is 0 Å². The number of nitro benzene ring substituents is 1. The van der Waals surface area contributed by atoms with E-state index in [1.165, 1.54) is 12.1 Å². The van der Waals surface area contributed by atoms with E-state index >= 15 is 0 Å². The number of nitro groups is 1. The van der Waals surface area contributed by atoms with Gasteiger partial charge in [0.25, 0.3) is 5.69 Å². The molecule has 0 amide bonds. The van der Waals surface area contributed by atoms with Crippen molar-refractivity contribution in [1.29, 1.82) is 0 Å². The molecule has 5 rings (SSSR count). The molecule has 8 heteroatoms. The molecule has 26 heavy (non-hydrogen) atoms. The third kappa shape index (κ3) is 2.23. The topological polar surface area (TPSA) is 91.8 Å². The minimum atomic E-state index is -0.418. The van der Waals surface area contributed by atoms with Gasteiger partial charge in [-0.05, 0) is 29.8 Å². The van der Waals surface area contributed by atoms with Crippen LogP contribution in [-0.2, 0) is 6.42 Å². The number of imidazole rings is 1. The largest absolute Gasteiger partial charge is 0.454 e. The molecule has 3 aromatic rings. The van der Waals surface area contributed by atoms with Gasteiger partial charge < -0.3 is 9.47 Å². The number of fused-ring (bicyclic) bond motifs is 3. The summed E-state index contributed by atoms with van der Waals surface area (Å²) >= 11 is 0. The van der Waals surface area contributed by atoms with Gasteiger partial charge in [0.15, 0.2) is 11.5 Å². The quantitative estimate of drug-likeness (QED) is 0.410. The van der Waals surface area contributed by atoms with E-state index in [1.54, 1.807) is 29.3 Å². The predicted molar refractivity (Wildman–Crippen MR) is 91.7 cm³/mol. The Labute approximate surface area is 147 Å². The molecule has 0 spiro atoms. The van der Waals surface area contributed by atoms with E-state index in [-0.39, 0.29) is 12.5 Å².